The third-order valence-corrected chi connectivity index (χ3v) is 6.00. The molecule has 0 saturated carbocycles. The molecule has 1 saturated heterocycles. The van der Waals surface area contributed by atoms with E-state index in [0.29, 0.717) is 36.8 Å². The molecule has 5 rings (SSSR count). The number of aromatic nitrogens is 2. The number of para-hydroxylation sites is 2. The molecule has 3 heterocycles. The summed E-state index contributed by atoms with van der Waals surface area (Å²) in [5.74, 6) is 2.34. The predicted octanol–water partition coefficient (Wildman–Crippen LogP) is 3.70. The van der Waals surface area contributed by atoms with E-state index < -0.39 is 0 Å². The lowest BCUT2D eigenvalue weighted by Crippen LogP contribution is -2.39. The molecular formula is C24H25N3O4. The number of fused-ring (bicyclic) bond motifs is 2. The van der Waals surface area contributed by atoms with Crippen LogP contribution in [0, 0.1) is 0 Å². The first kappa shape index (κ1) is 19.6. The highest BCUT2D eigenvalue weighted by Crippen LogP contribution is 2.31. The first-order chi connectivity index (χ1) is 15.2. The topological polar surface area (TPSA) is 84.5 Å². The van der Waals surface area contributed by atoms with Gasteiger partial charge in [-0.25, -0.2) is 4.98 Å². The number of hydrogen-bond acceptors (Lipinski definition) is 5. The highest BCUT2D eigenvalue weighted by atomic mass is 16.6. The second kappa shape index (κ2) is 8.41. The van der Waals surface area contributed by atoms with Crippen molar-refractivity contribution in [3.05, 3.63) is 53.9 Å². The summed E-state index contributed by atoms with van der Waals surface area (Å²) in [6.45, 7) is 2.36. The van der Waals surface area contributed by atoms with Crippen molar-refractivity contribution >= 4 is 22.7 Å². The molecule has 160 valence electrons. The van der Waals surface area contributed by atoms with E-state index in [2.05, 4.69) is 4.98 Å². The van der Waals surface area contributed by atoms with Crippen LogP contribution in [-0.4, -0.2) is 52.9 Å². The lowest BCUT2D eigenvalue weighted by atomic mass is 9.96. The average Bonchev–Trinajstić information content (AvgIpc) is 3.26. The third kappa shape index (κ3) is 4.13. The Morgan fingerprint density at radius 1 is 1.06 bits per heavy atom. The molecule has 0 radical (unpaired) electrons. The highest BCUT2D eigenvalue weighted by Gasteiger charge is 2.27. The van der Waals surface area contributed by atoms with Crippen molar-refractivity contribution in [3.63, 3.8) is 0 Å². The number of amides is 1. The summed E-state index contributed by atoms with van der Waals surface area (Å²) >= 11 is 0. The number of nitrogens with zero attached hydrogens (tertiary/aromatic N) is 2. The van der Waals surface area contributed by atoms with Gasteiger partial charge in [0.15, 0.2) is 17.3 Å². The normalized spacial score (nSPS) is 18.2. The molecule has 0 aliphatic carbocycles. The van der Waals surface area contributed by atoms with E-state index in [9.17, 15) is 9.59 Å². The van der Waals surface area contributed by atoms with E-state index in [1.165, 1.54) is 0 Å². The van der Waals surface area contributed by atoms with Crippen LogP contribution in [0.3, 0.4) is 0 Å². The Morgan fingerprint density at radius 2 is 1.90 bits per heavy atom. The number of Topliss-reactive ketones (excluding diaryl/α,β-unsaturated/α-hetero) is 1. The van der Waals surface area contributed by atoms with E-state index >= 15 is 0 Å². The standard InChI is InChI=1S/C24H25N3O4/c28-20(16-7-9-21-22(14-16)31-13-12-30-21)8-10-23(29)27-11-3-4-17(15-27)24-25-18-5-1-2-6-19(18)26-24/h1-2,5-7,9,14,17H,3-4,8,10-13,15H2,(H,25,26)/t17-/m1/s1. The maximum absolute atomic E-state index is 12.8. The number of H-pyrrole nitrogens is 1. The minimum Gasteiger partial charge on any atom is -0.486 e. The van der Waals surface area contributed by atoms with Crippen LogP contribution in [0.5, 0.6) is 11.5 Å². The van der Waals surface area contributed by atoms with Crippen molar-refractivity contribution in [2.24, 2.45) is 0 Å². The Kier molecular flexibility index (Phi) is 5.32. The number of nitrogens with one attached hydrogen (secondary N) is 1. The van der Waals surface area contributed by atoms with Gasteiger partial charge in [-0.15, -0.1) is 0 Å². The third-order valence-electron chi connectivity index (χ3n) is 6.00. The molecule has 1 N–H and O–H groups in total. The number of piperidine rings is 1. The Bertz CT molecular complexity index is 1090. The van der Waals surface area contributed by atoms with Gasteiger partial charge in [-0.1, -0.05) is 12.1 Å². The van der Waals surface area contributed by atoms with Gasteiger partial charge in [-0.3, -0.25) is 9.59 Å². The number of imidazole rings is 1. The van der Waals surface area contributed by atoms with Crippen molar-refractivity contribution in [3.8, 4) is 11.5 Å². The van der Waals surface area contributed by atoms with E-state index in [1.807, 2.05) is 29.2 Å². The zero-order valence-electron chi connectivity index (χ0n) is 17.3. The summed E-state index contributed by atoms with van der Waals surface area (Å²) in [5, 5.41) is 0. The smallest absolute Gasteiger partial charge is 0.223 e. The molecule has 31 heavy (non-hydrogen) atoms. The van der Waals surface area contributed by atoms with Gasteiger partial charge in [0.1, 0.15) is 19.0 Å². The molecule has 1 fully saturated rings. The first-order valence-electron chi connectivity index (χ1n) is 10.8. The van der Waals surface area contributed by atoms with E-state index in [-0.39, 0.29) is 30.4 Å². The summed E-state index contributed by atoms with van der Waals surface area (Å²) in [6.07, 6.45) is 2.33. The Balaban J connectivity index is 1.19. The quantitative estimate of drug-likeness (QED) is 0.638. The lowest BCUT2D eigenvalue weighted by molar-refractivity contribution is -0.132. The van der Waals surface area contributed by atoms with Gasteiger partial charge < -0.3 is 19.4 Å². The fourth-order valence-electron chi connectivity index (χ4n) is 4.33. The van der Waals surface area contributed by atoms with Crippen LogP contribution < -0.4 is 9.47 Å². The Morgan fingerprint density at radius 3 is 2.77 bits per heavy atom. The van der Waals surface area contributed by atoms with Gasteiger partial charge in [0.2, 0.25) is 5.91 Å². The van der Waals surface area contributed by atoms with Gasteiger partial charge in [-0.05, 0) is 43.2 Å². The number of ether oxygens (including phenoxy) is 2. The summed E-state index contributed by atoms with van der Waals surface area (Å²) < 4.78 is 11.0. The zero-order valence-corrected chi connectivity index (χ0v) is 17.3. The van der Waals surface area contributed by atoms with E-state index in [4.69, 9.17) is 14.5 Å². The van der Waals surface area contributed by atoms with Crippen LogP contribution in [0.4, 0.5) is 0 Å². The molecule has 2 aliphatic rings. The maximum atomic E-state index is 12.8. The zero-order chi connectivity index (χ0) is 21.2. The van der Waals surface area contributed by atoms with Gasteiger partial charge in [0, 0.05) is 37.4 Å². The molecule has 3 aromatic rings. The minimum atomic E-state index is -0.0591. The van der Waals surface area contributed by atoms with E-state index in [1.54, 1.807) is 18.2 Å². The maximum Gasteiger partial charge on any atom is 0.223 e. The minimum absolute atomic E-state index is 0.0201. The van der Waals surface area contributed by atoms with Crippen LogP contribution in [0.2, 0.25) is 0 Å². The monoisotopic (exact) mass is 419 g/mol. The van der Waals surface area contributed by atoms with Gasteiger partial charge >= 0.3 is 0 Å². The first-order valence-corrected chi connectivity index (χ1v) is 10.8. The Labute approximate surface area is 180 Å². The Hall–Kier alpha value is -3.35. The second-order valence-corrected chi connectivity index (χ2v) is 8.10. The number of benzene rings is 2. The average molecular weight is 419 g/mol. The molecule has 0 bridgehead atoms. The molecular weight excluding hydrogens is 394 g/mol. The van der Waals surface area contributed by atoms with Crippen LogP contribution in [0.1, 0.15) is 47.8 Å². The van der Waals surface area contributed by atoms with Crippen LogP contribution in [-0.2, 0) is 4.79 Å². The molecule has 1 aromatic heterocycles. The largest absolute Gasteiger partial charge is 0.486 e. The number of aromatic amines is 1. The predicted molar refractivity (Wildman–Crippen MR) is 116 cm³/mol. The molecule has 2 aliphatic heterocycles. The number of carbonyl (C=O) groups excluding carboxylic acids is 2. The summed E-state index contributed by atoms with van der Waals surface area (Å²) in [5.41, 5.74) is 2.52. The molecule has 7 nitrogen and oxygen atoms in total. The summed E-state index contributed by atoms with van der Waals surface area (Å²) in [7, 11) is 0. The number of carbonyl (C=O) groups is 2. The van der Waals surface area contributed by atoms with Crippen molar-refractivity contribution in [2.45, 2.75) is 31.6 Å². The second-order valence-electron chi connectivity index (χ2n) is 8.10. The van der Waals surface area contributed by atoms with Crippen molar-refractivity contribution in [1.82, 2.24) is 14.9 Å². The van der Waals surface area contributed by atoms with E-state index in [0.717, 1.165) is 36.2 Å². The number of hydrogen-bond donors (Lipinski definition) is 1. The SMILES string of the molecule is O=C(CCC(=O)N1CCC[C@@H](c2nc3ccccc3[nH]2)C1)c1ccc2c(c1)OCCO2. The molecule has 0 spiro atoms. The van der Waals surface area contributed by atoms with Crippen LogP contribution >= 0.6 is 0 Å². The van der Waals surface area contributed by atoms with Crippen molar-refractivity contribution < 1.29 is 19.1 Å². The van der Waals surface area contributed by atoms with Crippen LogP contribution in [0.15, 0.2) is 42.5 Å². The number of ketones is 1. The highest BCUT2D eigenvalue weighted by molar-refractivity contribution is 5.98. The lowest BCUT2D eigenvalue weighted by Gasteiger charge is -2.32. The van der Waals surface area contributed by atoms with Crippen molar-refractivity contribution in [2.75, 3.05) is 26.3 Å². The van der Waals surface area contributed by atoms with Crippen molar-refractivity contribution in [1.29, 1.82) is 0 Å². The summed E-state index contributed by atoms with van der Waals surface area (Å²) in [6, 6.07) is 13.2. The van der Waals surface area contributed by atoms with Gasteiger partial charge in [0.05, 0.1) is 11.0 Å². The fraction of sp³-hybridized carbons (Fsp3) is 0.375. The number of rotatable bonds is 5. The van der Waals surface area contributed by atoms with Crippen LogP contribution in [0.25, 0.3) is 11.0 Å². The molecule has 0 unspecified atom stereocenters. The summed E-state index contributed by atoms with van der Waals surface area (Å²) in [4.78, 5) is 35.4. The van der Waals surface area contributed by atoms with Gasteiger partial charge in [0.25, 0.3) is 0 Å². The fourth-order valence-corrected chi connectivity index (χ4v) is 4.33. The molecule has 7 heteroatoms. The number of likely N-dealkylation sites (tertiary alicyclic amines) is 1. The van der Waals surface area contributed by atoms with Gasteiger partial charge in [-0.2, -0.15) is 0 Å². The molecule has 1 atom stereocenters. The molecule has 2 aromatic carbocycles. The molecule has 1 amide bonds.